The minimum atomic E-state index is 0.552. The lowest BCUT2D eigenvalue weighted by Crippen LogP contribution is -1.93. The van der Waals surface area contributed by atoms with Gasteiger partial charge in [-0.1, -0.05) is 45.5 Å². The van der Waals surface area contributed by atoms with E-state index in [1.54, 1.807) is 6.20 Å². The molecule has 0 aliphatic rings. The average molecular weight is 299 g/mol. The van der Waals surface area contributed by atoms with Crippen LogP contribution in [-0.2, 0) is 18.0 Å². The standard InChI is InChI=1S/C11H11BrN2OS/c12-10-4-2-1-3-8(10)6-15-7-9-5-14-11(13)16-9/h1-5H,6-7H2,(H2,13,14). The summed E-state index contributed by atoms with van der Waals surface area (Å²) in [6.07, 6.45) is 1.75. The molecule has 16 heavy (non-hydrogen) atoms. The molecule has 0 atom stereocenters. The summed E-state index contributed by atoms with van der Waals surface area (Å²) in [7, 11) is 0. The van der Waals surface area contributed by atoms with Gasteiger partial charge in [-0.2, -0.15) is 0 Å². The highest BCUT2D eigenvalue weighted by Gasteiger charge is 2.01. The molecule has 1 aromatic carbocycles. The second kappa shape index (κ2) is 5.43. The lowest BCUT2D eigenvalue weighted by molar-refractivity contribution is 0.108. The number of nitrogens with zero attached hydrogens (tertiary/aromatic N) is 1. The second-order valence-electron chi connectivity index (χ2n) is 3.25. The molecule has 0 aliphatic heterocycles. The first kappa shape index (κ1) is 11.6. The van der Waals surface area contributed by atoms with Gasteiger partial charge in [0.05, 0.1) is 18.1 Å². The van der Waals surface area contributed by atoms with Crippen LogP contribution in [0.4, 0.5) is 5.13 Å². The van der Waals surface area contributed by atoms with Crippen LogP contribution in [-0.4, -0.2) is 4.98 Å². The van der Waals surface area contributed by atoms with Crippen LogP contribution in [0.15, 0.2) is 34.9 Å². The first-order chi connectivity index (χ1) is 7.75. The van der Waals surface area contributed by atoms with E-state index in [0.29, 0.717) is 18.3 Å². The third-order valence-corrected chi connectivity index (χ3v) is 3.60. The van der Waals surface area contributed by atoms with E-state index in [2.05, 4.69) is 20.9 Å². The molecule has 2 N–H and O–H groups in total. The molecule has 0 unspecified atom stereocenters. The number of thiazole rings is 1. The maximum atomic E-state index is 5.58. The van der Waals surface area contributed by atoms with Gasteiger partial charge in [0.15, 0.2) is 5.13 Å². The summed E-state index contributed by atoms with van der Waals surface area (Å²) < 4.78 is 6.65. The van der Waals surface area contributed by atoms with Crippen LogP contribution in [0.5, 0.6) is 0 Å². The quantitative estimate of drug-likeness (QED) is 0.943. The maximum Gasteiger partial charge on any atom is 0.180 e. The molecule has 2 aromatic rings. The van der Waals surface area contributed by atoms with Crippen molar-refractivity contribution in [3.63, 3.8) is 0 Å². The SMILES string of the molecule is Nc1ncc(COCc2ccccc2Br)s1. The van der Waals surface area contributed by atoms with Crippen LogP contribution < -0.4 is 5.73 Å². The van der Waals surface area contributed by atoms with Crippen LogP contribution >= 0.6 is 27.3 Å². The Kier molecular flexibility index (Phi) is 3.93. The second-order valence-corrected chi connectivity index (χ2v) is 5.25. The van der Waals surface area contributed by atoms with Gasteiger partial charge in [0.1, 0.15) is 0 Å². The molecule has 1 heterocycles. The molecule has 0 saturated carbocycles. The number of rotatable bonds is 4. The largest absolute Gasteiger partial charge is 0.375 e. The third kappa shape index (κ3) is 3.04. The highest BCUT2D eigenvalue weighted by molar-refractivity contribution is 9.10. The zero-order chi connectivity index (χ0) is 11.4. The molecule has 3 nitrogen and oxygen atoms in total. The van der Waals surface area contributed by atoms with Gasteiger partial charge in [-0.25, -0.2) is 4.98 Å². The minimum Gasteiger partial charge on any atom is -0.375 e. The maximum absolute atomic E-state index is 5.58. The van der Waals surface area contributed by atoms with Crippen molar-refractivity contribution in [3.8, 4) is 0 Å². The highest BCUT2D eigenvalue weighted by atomic mass is 79.9. The molecule has 0 radical (unpaired) electrons. The fourth-order valence-electron chi connectivity index (χ4n) is 1.27. The summed E-state index contributed by atoms with van der Waals surface area (Å²) in [6.45, 7) is 1.13. The molecule has 0 saturated heterocycles. The van der Waals surface area contributed by atoms with Crippen LogP contribution in [0.3, 0.4) is 0 Å². The van der Waals surface area contributed by atoms with Gasteiger partial charge < -0.3 is 10.5 Å². The predicted molar refractivity (Wildman–Crippen MR) is 69.2 cm³/mol. The molecule has 2 rings (SSSR count). The first-order valence-corrected chi connectivity index (χ1v) is 6.38. The number of ether oxygens (including phenoxy) is 1. The summed E-state index contributed by atoms with van der Waals surface area (Å²) in [5.74, 6) is 0. The number of anilines is 1. The van der Waals surface area contributed by atoms with Crippen LogP contribution in [0, 0.1) is 0 Å². The van der Waals surface area contributed by atoms with Crippen molar-refractivity contribution in [2.45, 2.75) is 13.2 Å². The molecule has 84 valence electrons. The van der Waals surface area contributed by atoms with Crippen LogP contribution in [0.2, 0.25) is 0 Å². The van der Waals surface area contributed by atoms with Crippen molar-refractivity contribution in [1.82, 2.24) is 4.98 Å². The topological polar surface area (TPSA) is 48.1 Å². The number of halogens is 1. The lowest BCUT2D eigenvalue weighted by Gasteiger charge is -2.04. The number of nitrogens with two attached hydrogens (primary N) is 1. The zero-order valence-corrected chi connectivity index (χ0v) is 10.9. The smallest absolute Gasteiger partial charge is 0.180 e. The van der Waals surface area contributed by atoms with E-state index in [0.717, 1.165) is 14.9 Å². The average Bonchev–Trinajstić information content (AvgIpc) is 2.67. The third-order valence-electron chi connectivity index (χ3n) is 2.03. The minimum absolute atomic E-state index is 0.552. The molecule has 0 bridgehead atoms. The summed E-state index contributed by atoms with van der Waals surface area (Å²) in [6, 6.07) is 8.01. The van der Waals surface area contributed by atoms with Gasteiger partial charge in [-0.15, -0.1) is 0 Å². The summed E-state index contributed by atoms with van der Waals surface area (Å²) in [5.41, 5.74) is 6.67. The van der Waals surface area contributed by atoms with Gasteiger partial charge in [0.2, 0.25) is 0 Å². The van der Waals surface area contributed by atoms with Gasteiger partial charge >= 0.3 is 0 Å². The van der Waals surface area contributed by atoms with Gasteiger partial charge in [-0.3, -0.25) is 0 Å². The molecule has 1 aromatic heterocycles. The number of nitrogen functional groups attached to an aromatic ring is 1. The van der Waals surface area contributed by atoms with E-state index in [1.807, 2.05) is 24.3 Å². The summed E-state index contributed by atoms with van der Waals surface area (Å²) in [4.78, 5) is 5.01. The molecule has 5 heteroatoms. The molecular weight excluding hydrogens is 288 g/mol. The molecular formula is C11H11BrN2OS. The van der Waals surface area contributed by atoms with E-state index in [-0.39, 0.29) is 0 Å². The molecule has 0 amide bonds. The van der Waals surface area contributed by atoms with E-state index >= 15 is 0 Å². The number of hydrogen-bond donors (Lipinski definition) is 1. The van der Waals surface area contributed by atoms with E-state index in [4.69, 9.17) is 10.5 Å². The monoisotopic (exact) mass is 298 g/mol. The van der Waals surface area contributed by atoms with E-state index < -0.39 is 0 Å². The Morgan fingerprint density at radius 1 is 1.31 bits per heavy atom. The summed E-state index contributed by atoms with van der Waals surface area (Å²) in [5, 5.41) is 0.583. The fraction of sp³-hybridized carbons (Fsp3) is 0.182. The Morgan fingerprint density at radius 2 is 2.12 bits per heavy atom. The molecule has 0 spiro atoms. The van der Waals surface area contributed by atoms with Crippen molar-refractivity contribution in [1.29, 1.82) is 0 Å². The van der Waals surface area contributed by atoms with Gasteiger partial charge in [-0.05, 0) is 11.6 Å². The Hall–Kier alpha value is -0.910. The van der Waals surface area contributed by atoms with Crippen molar-refractivity contribution < 1.29 is 4.74 Å². The Balaban J connectivity index is 1.87. The van der Waals surface area contributed by atoms with Crippen molar-refractivity contribution in [2.75, 3.05) is 5.73 Å². The normalized spacial score (nSPS) is 10.6. The van der Waals surface area contributed by atoms with Crippen molar-refractivity contribution in [3.05, 3.63) is 45.4 Å². The van der Waals surface area contributed by atoms with E-state index in [1.165, 1.54) is 11.3 Å². The molecule has 0 fully saturated rings. The Labute approximate surface area is 106 Å². The Bertz CT molecular complexity index is 473. The van der Waals surface area contributed by atoms with Gasteiger partial charge in [0.25, 0.3) is 0 Å². The van der Waals surface area contributed by atoms with Crippen LogP contribution in [0.1, 0.15) is 10.4 Å². The fourth-order valence-corrected chi connectivity index (χ4v) is 2.29. The molecule has 0 aliphatic carbocycles. The lowest BCUT2D eigenvalue weighted by atomic mass is 10.2. The number of aromatic nitrogens is 1. The summed E-state index contributed by atoms with van der Waals surface area (Å²) >= 11 is 4.93. The predicted octanol–water partition coefficient (Wildman–Crippen LogP) is 3.20. The first-order valence-electron chi connectivity index (χ1n) is 4.77. The van der Waals surface area contributed by atoms with Crippen molar-refractivity contribution >= 4 is 32.4 Å². The number of hydrogen-bond acceptors (Lipinski definition) is 4. The van der Waals surface area contributed by atoms with E-state index in [9.17, 15) is 0 Å². The Morgan fingerprint density at radius 3 is 2.81 bits per heavy atom. The highest BCUT2D eigenvalue weighted by Crippen LogP contribution is 2.19. The van der Waals surface area contributed by atoms with Crippen LogP contribution in [0.25, 0.3) is 0 Å². The number of benzene rings is 1. The van der Waals surface area contributed by atoms with Crippen molar-refractivity contribution in [2.24, 2.45) is 0 Å². The van der Waals surface area contributed by atoms with Gasteiger partial charge in [0, 0.05) is 10.7 Å². The zero-order valence-electron chi connectivity index (χ0n) is 8.52.